The Labute approximate surface area is 130 Å². The van der Waals surface area contributed by atoms with Crippen LogP contribution in [0.25, 0.3) is 0 Å². The maximum atomic E-state index is 13.3. The van der Waals surface area contributed by atoms with Crippen LogP contribution in [0.4, 0.5) is 4.39 Å². The van der Waals surface area contributed by atoms with Gasteiger partial charge in [0.1, 0.15) is 5.82 Å². The normalized spacial score (nSPS) is 21.8. The third-order valence-electron chi connectivity index (χ3n) is 4.14. The van der Waals surface area contributed by atoms with Gasteiger partial charge in [0.05, 0.1) is 17.2 Å². The van der Waals surface area contributed by atoms with Crippen molar-refractivity contribution in [3.63, 3.8) is 0 Å². The summed E-state index contributed by atoms with van der Waals surface area (Å²) >= 11 is 5.79. The van der Waals surface area contributed by atoms with Crippen molar-refractivity contribution in [1.29, 1.82) is 0 Å². The SMILES string of the molecule is CCC[C@]1(COC)CCCN1C(=O)c1ccc(F)c(Cl)c1. The number of nitrogens with zero attached hydrogens (tertiary/aromatic N) is 1. The maximum absolute atomic E-state index is 13.3. The van der Waals surface area contributed by atoms with Crippen molar-refractivity contribution in [3.8, 4) is 0 Å². The highest BCUT2D eigenvalue weighted by atomic mass is 35.5. The van der Waals surface area contributed by atoms with Gasteiger partial charge in [-0.1, -0.05) is 24.9 Å². The van der Waals surface area contributed by atoms with E-state index in [1.54, 1.807) is 7.11 Å². The van der Waals surface area contributed by atoms with Crippen LogP contribution in [0.2, 0.25) is 5.02 Å². The van der Waals surface area contributed by atoms with E-state index < -0.39 is 5.82 Å². The van der Waals surface area contributed by atoms with E-state index >= 15 is 0 Å². The number of hydrogen-bond donors (Lipinski definition) is 0. The zero-order chi connectivity index (χ0) is 15.5. The number of halogens is 2. The van der Waals surface area contributed by atoms with Gasteiger partial charge < -0.3 is 9.64 Å². The van der Waals surface area contributed by atoms with Crippen molar-refractivity contribution >= 4 is 17.5 Å². The molecule has 5 heteroatoms. The molecule has 1 atom stereocenters. The predicted octanol–water partition coefficient (Wildman–Crippen LogP) is 3.90. The first kappa shape index (κ1) is 16.2. The second-order valence-corrected chi connectivity index (χ2v) is 6.00. The van der Waals surface area contributed by atoms with Gasteiger partial charge in [0, 0.05) is 19.2 Å². The van der Waals surface area contributed by atoms with Gasteiger partial charge in [0.15, 0.2) is 0 Å². The molecule has 1 amide bonds. The van der Waals surface area contributed by atoms with Crippen molar-refractivity contribution in [3.05, 3.63) is 34.6 Å². The number of carbonyl (C=O) groups excluding carboxylic acids is 1. The molecule has 0 unspecified atom stereocenters. The molecule has 3 nitrogen and oxygen atoms in total. The van der Waals surface area contributed by atoms with Crippen molar-refractivity contribution in [1.82, 2.24) is 4.90 Å². The molecule has 0 saturated carbocycles. The van der Waals surface area contributed by atoms with Crippen LogP contribution in [0.15, 0.2) is 18.2 Å². The molecule has 1 aromatic carbocycles. The van der Waals surface area contributed by atoms with Gasteiger partial charge in [-0.2, -0.15) is 0 Å². The molecule has 2 rings (SSSR count). The first-order valence-electron chi connectivity index (χ1n) is 7.30. The molecule has 0 spiro atoms. The molecule has 1 aliphatic rings. The van der Waals surface area contributed by atoms with E-state index in [-0.39, 0.29) is 16.5 Å². The minimum absolute atomic E-state index is 0.0205. The molecule has 1 saturated heterocycles. The van der Waals surface area contributed by atoms with Crippen molar-refractivity contribution in [2.75, 3.05) is 20.3 Å². The number of hydrogen-bond acceptors (Lipinski definition) is 2. The molecular formula is C16H21ClFNO2. The highest BCUT2D eigenvalue weighted by Gasteiger charge is 2.43. The van der Waals surface area contributed by atoms with Crippen LogP contribution in [0.5, 0.6) is 0 Å². The van der Waals surface area contributed by atoms with E-state index in [9.17, 15) is 9.18 Å². The summed E-state index contributed by atoms with van der Waals surface area (Å²) < 4.78 is 18.6. The largest absolute Gasteiger partial charge is 0.382 e. The smallest absolute Gasteiger partial charge is 0.254 e. The molecular weight excluding hydrogens is 293 g/mol. The number of benzene rings is 1. The van der Waals surface area contributed by atoms with Gasteiger partial charge in [0.2, 0.25) is 0 Å². The molecule has 0 aromatic heterocycles. The summed E-state index contributed by atoms with van der Waals surface area (Å²) in [5.74, 6) is -0.605. The number of likely N-dealkylation sites (tertiary alicyclic amines) is 1. The van der Waals surface area contributed by atoms with Crippen LogP contribution in [0.3, 0.4) is 0 Å². The summed E-state index contributed by atoms with van der Waals surface area (Å²) in [4.78, 5) is 14.6. The van der Waals surface area contributed by atoms with Crippen molar-refractivity contribution in [2.24, 2.45) is 0 Å². The van der Waals surface area contributed by atoms with E-state index in [0.29, 0.717) is 18.7 Å². The highest BCUT2D eigenvalue weighted by Crippen LogP contribution is 2.35. The summed E-state index contributed by atoms with van der Waals surface area (Å²) in [5.41, 5.74) is 0.182. The Morgan fingerprint density at radius 1 is 1.52 bits per heavy atom. The second-order valence-electron chi connectivity index (χ2n) is 5.60. The fourth-order valence-electron chi connectivity index (χ4n) is 3.26. The second kappa shape index (κ2) is 6.75. The summed E-state index contributed by atoms with van der Waals surface area (Å²) in [6, 6.07) is 4.13. The van der Waals surface area contributed by atoms with Gasteiger partial charge in [-0.05, 0) is 37.5 Å². The van der Waals surface area contributed by atoms with Gasteiger partial charge in [-0.25, -0.2) is 4.39 Å². The first-order valence-corrected chi connectivity index (χ1v) is 7.68. The summed E-state index contributed by atoms with van der Waals surface area (Å²) in [6.45, 7) is 3.34. The van der Waals surface area contributed by atoms with E-state index in [4.69, 9.17) is 16.3 Å². The predicted molar refractivity (Wildman–Crippen MR) is 81.2 cm³/mol. The Hall–Kier alpha value is -1.13. The van der Waals surface area contributed by atoms with Crippen molar-refractivity contribution in [2.45, 2.75) is 38.1 Å². The standard InChI is InChI=1S/C16H21ClFNO2/c1-3-7-16(11-21-2)8-4-9-19(16)15(20)12-5-6-14(18)13(17)10-12/h5-6,10H,3-4,7-9,11H2,1-2H3/t16-/m1/s1. The Bertz CT molecular complexity index is 515. The lowest BCUT2D eigenvalue weighted by molar-refractivity contribution is 0.0254. The Balaban J connectivity index is 2.29. The molecule has 0 radical (unpaired) electrons. The van der Waals surface area contributed by atoms with E-state index in [0.717, 1.165) is 25.7 Å². The molecule has 1 fully saturated rings. The summed E-state index contributed by atoms with van der Waals surface area (Å²) in [6.07, 6.45) is 3.79. The van der Waals surface area contributed by atoms with Crippen LogP contribution in [0, 0.1) is 5.82 Å². The number of rotatable bonds is 5. The van der Waals surface area contributed by atoms with Crippen LogP contribution >= 0.6 is 11.6 Å². The van der Waals surface area contributed by atoms with Crippen LogP contribution < -0.4 is 0 Å². The topological polar surface area (TPSA) is 29.5 Å². The third kappa shape index (κ3) is 3.22. The van der Waals surface area contributed by atoms with Gasteiger partial charge in [-0.3, -0.25) is 4.79 Å². The summed E-state index contributed by atoms with van der Waals surface area (Å²) in [5, 5.41) is -0.0205. The summed E-state index contributed by atoms with van der Waals surface area (Å²) in [7, 11) is 1.66. The fraction of sp³-hybridized carbons (Fsp3) is 0.562. The molecule has 21 heavy (non-hydrogen) atoms. The maximum Gasteiger partial charge on any atom is 0.254 e. The average molecular weight is 314 g/mol. The minimum Gasteiger partial charge on any atom is -0.382 e. The Kier molecular flexibility index (Phi) is 5.22. The average Bonchev–Trinajstić information content (AvgIpc) is 2.85. The quantitative estimate of drug-likeness (QED) is 0.825. The van der Waals surface area contributed by atoms with Crippen LogP contribution in [-0.4, -0.2) is 36.6 Å². The van der Waals surface area contributed by atoms with Gasteiger partial charge in [0.25, 0.3) is 5.91 Å². The van der Waals surface area contributed by atoms with Crippen molar-refractivity contribution < 1.29 is 13.9 Å². The molecule has 1 aliphatic heterocycles. The zero-order valence-corrected chi connectivity index (χ0v) is 13.3. The molecule has 0 aliphatic carbocycles. The Morgan fingerprint density at radius 2 is 2.29 bits per heavy atom. The molecule has 0 bridgehead atoms. The third-order valence-corrected chi connectivity index (χ3v) is 4.43. The number of methoxy groups -OCH3 is 1. The van der Waals surface area contributed by atoms with Gasteiger partial charge >= 0.3 is 0 Å². The fourth-order valence-corrected chi connectivity index (χ4v) is 3.44. The van der Waals surface area contributed by atoms with Crippen LogP contribution in [-0.2, 0) is 4.74 Å². The van der Waals surface area contributed by atoms with Gasteiger partial charge in [-0.15, -0.1) is 0 Å². The van der Waals surface area contributed by atoms with E-state index in [2.05, 4.69) is 6.92 Å². The lowest BCUT2D eigenvalue weighted by atomic mass is 9.91. The number of amides is 1. The van der Waals surface area contributed by atoms with E-state index in [1.807, 2.05) is 4.90 Å². The number of carbonyl (C=O) groups is 1. The molecule has 0 N–H and O–H groups in total. The Morgan fingerprint density at radius 3 is 2.90 bits per heavy atom. The zero-order valence-electron chi connectivity index (χ0n) is 12.5. The van der Waals surface area contributed by atoms with Crippen LogP contribution in [0.1, 0.15) is 43.0 Å². The highest BCUT2D eigenvalue weighted by molar-refractivity contribution is 6.31. The molecule has 1 aromatic rings. The minimum atomic E-state index is -0.508. The molecule has 1 heterocycles. The number of ether oxygens (including phenoxy) is 1. The molecule has 116 valence electrons. The lowest BCUT2D eigenvalue weighted by Gasteiger charge is -2.38. The van der Waals surface area contributed by atoms with E-state index in [1.165, 1.54) is 18.2 Å². The first-order chi connectivity index (χ1) is 10.0. The lowest BCUT2D eigenvalue weighted by Crippen LogP contribution is -2.50. The monoisotopic (exact) mass is 313 g/mol.